The van der Waals surface area contributed by atoms with Crippen LogP contribution in [0.3, 0.4) is 0 Å². The van der Waals surface area contributed by atoms with E-state index in [1.54, 1.807) is 29.5 Å². The lowest BCUT2D eigenvalue weighted by molar-refractivity contribution is -0.384. The van der Waals surface area contributed by atoms with E-state index in [9.17, 15) is 14.9 Å². The van der Waals surface area contributed by atoms with Gasteiger partial charge in [0.15, 0.2) is 5.13 Å². The molecular weight excluding hydrogens is 438 g/mol. The SMILES string of the molecule is Cc1cc(C)c2nc(N3CCN(CCNC(=O)/C=C/c4cccc([N+](=O)[O-])c4)CC3)sc2c1. The summed E-state index contributed by atoms with van der Waals surface area (Å²) in [5.41, 5.74) is 4.22. The largest absolute Gasteiger partial charge is 0.351 e. The molecule has 2 heterocycles. The van der Waals surface area contributed by atoms with Gasteiger partial charge < -0.3 is 10.2 Å². The van der Waals surface area contributed by atoms with E-state index in [1.165, 1.54) is 34.0 Å². The zero-order valence-corrected chi connectivity index (χ0v) is 19.6. The van der Waals surface area contributed by atoms with Crippen molar-refractivity contribution in [1.82, 2.24) is 15.2 Å². The number of piperazine rings is 1. The topological polar surface area (TPSA) is 91.6 Å². The highest BCUT2D eigenvalue weighted by Crippen LogP contribution is 2.32. The van der Waals surface area contributed by atoms with E-state index in [2.05, 4.69) is 41.1 Å². The van der Waals surface area contributed by atoms with Gasteiger partial charge in [0.25, 0.3) is 5.69 Å². The van der Waals surface area contributed by atoms with E-state index < -0.39 is 4.92 Å². The maximum absolute atomic E-state index is 12.1. The van der Waals surface area contributed by atoms with Crippen LogP contribution in [0.5, 0.6) is 0 Å². The van der Waals surface area contributed by atoms with Crippen molar-refractivity contribution in [2.24, 2.45) is 0 Å². The van der Waals surface area contributed by atoms with Crippen LogP contribution in [0.15, 0.2) is 42.5 Å². The lowest BCUT2D eigenvalue weighted by Crippen LogP contribution is -2.48. The van der Waals surface area contributed by atoms with E-state index in [1.807, 2.05) is 0 Å². The fourth-order valence-corrected chi connectivity index (χ4v) is 5.16. The number of hydrogen-bond acceptors (Lipinski definition) is 7. The lowest BCUT2D eigenvalue weighted by Gasteiger charge is -2.34. The number of fused-ring (bicyclic) bond motifs is 1. The second-order valence-corrected chi connectivity index (χ2v) is 9.24. The van der Waals surface area contributed by atoms with Crippen molar-refractivity contribution in [3.05, 3.63) is 69.3 Å². The summed E-state index contributed by atoms with van der Waals surface area (Å²) in [4.78, 5) is 32.0. The number of nitro benzene ring substituents is 1. The van der Waals surface area contributed by atoms with Gasteiger partial charge in [-0.1, -0.05) is 29.5 Å². The Morgan fingerprint density at radius 1 is 1.21 bits per heavy atom. The number of anilines is 1. The van der Waals surface area contributed by atoms with Crippen molar-refractivity contribution < 1.29 is 9.72 Å². The number of rotatable bonds is 7. The van der Waals surface area contributed by atoms with Crippen LogP contribution in [0.2, 0.25) is 0 Å². The average Bonchev–Trinajstić information content (AvgIpc) is 3.23. The van der Waals surface area contributed by atoms with Crippen LogP contribution in [-0.2, 0) is 4.79 Å². The summed E-state index contributed by atoms with van der Waals surface area (Å²) in [7, 11) is 0. The number of nitro groups is 1. The molecule has 0 saturated carbocycles. The molecule has 1 aliphatic heterocycles. The number of aromatic nitrogens is 1. The summed E-state index contributed by atoms with van der Waals surface area (Å²) < 4.78 is 1.24. The minimum Gasteiger partial charge on any atom is -0.351 e. The zero-order chi connectivity index (χ0) is 23.4. The molecular formula is C24H27N5O3S. The molecule has 0 aliphatic carbocycles. The lowest BCUT2D eigenvalue weighted by atomic mass is 10.1. The number of nitrogens with zero attached hydrogens (tertiary/aromatic N) is 4. The number of carbonyl (C=O) groups excluding carboxylic acids is 1. The molecule has 4 rings (SSSR count). The van der Waals surface area contributed by atoms with Crippen molar-refractivity contribution in [3.63, 3.8) is 0 Å². The van der Waals surface area contributed by atoms with Crippen molar-refractivity contribution >= 4 is 44.4 Å². The molecule has 3 aromatic rings. The molecule has 1 aromatic heterocycles. The number of carbonyl (C=O) groups is 1. The number of amides is 1. The number of nitrogens with one attached hydrogen (secondary N) is 1. The summed E-state index contributed by atoms with van der Waals surface area (Å²) in [5, 5.41) is 14.8. The standard InChI is InChI=1S/C24H27N5O3S/c1-17-14-18(2)23-21(15-17)33-24(26-23)28-12-10-27(11-13-28)9-8-25-22(30)7-6-19-4-3-5-20(16-19)29(31)32/h3-7,14-16H,8-13H2,1-2H3,(H,25,30)/b7-6+. The van der Waals surface area contributed by atoms with Gasteiger partial charge in [0, 0.05) is 57.5 Å². The maximum Gasteiger partial charge on any atom is 0.270 e. The Morgan fingerprint density at radius 3 is 2.76 bits per heavy atom. The Morgan fingerprint density at radius 2 is 2.00 bits per heavy atom. The molecule has 0 bridgehead atoms. The van der Waals surface area contributed by atoms with Crippen molar-refractivity contribution in [2.75, 3.05) is 44.2 Å². The smallest absolute Gasteiger partial charge is 0.270 e. The second-order valence-electron chi connectivity index (χ2n) is 8.23. The Hall–Kier alpha value is -3.30. The molecule has 1 amide bonds. The fourth-order valence-electron chi connectivity index (χ4n) is 3.97. The number of non-ortho nitro benzene ring substituents is 1. The zero-order valence-electron chi connectivity index (χ0n) is 18.8. The maximum atomic E-state index is 12.1. The van der Waals surface area contributed by atoms with Crippen LogP contribution >= 0.6 is 11.3 Å². The molecule has 2 aromatic carbocycles. The Kier molecular flexibility index (Phi) is 7.00. The number of aryl methyl sites for hydroxylation is 2. The molecule has 33 heavy (non-hydrogen) atoms. The fraction of sp³-hybridized carbons (Fsp3) is 0.333. The van der Waals surface area contributed by atoms with Gasteiger partial charge in [0.2, 0.25) is 5.91 Å². The van der Waals surface area contributed by atoms with Gasteiger partial charge in [-0.15, -0.1) is 0 Å². The molecule has 172 valence electrons. The second kappa shape index (κ2) is 10.1. The first-order valence-electron chi connectivity index (χ1n) is 10.9. The summed E-state index contributed by atoms with van der Waals surface area (Å²) in [6.45, 7) is 9.24. The molecule has 8 nitrogen and oxygen atoms in total. The van der Waals surface area contributed by atoms with Gasteiger partial charge in [-0.2, -0.15) is 0 Å². The highest BCUT2D eigenvalue weighted by molar-refractivity contribution is 7.22. The first kappa shape index (κ1) is 22.9. The van der Waals surface area contributed by atoms with Crippen molar-refractivity contribution in [2.45, 2.75) is 13.8 Å². The highest BCUT2D eigenvalue weighted by atomic mass is 32.1. The van der Waals surface area contributed by atoms with Gasteiger partial charge in [0.1, 0.15) is 0 Å². The number of thiazole rings is 1. The summed E-state index contributed by atoms with van der Waals surface area (Å²) >= 11 is 1.76. The van der Waals surface area contributed by atoms with E-state index in [0.29, 0.717) is 12.1 Å². The summed E-state index contributed by atoms with van der Waals surface area (Å²) in [5.74, 6) is -0.208. The minimum atomic E-state index is -0.448. The van der Waals surface area contributed by atoms with Crippen LogP contribution < -0.4 is 10.2 Å². The monoisotopic (exact) mass is 465 g/mol. The predicted molar refractivity (Wildman–Crippen MR) is 133 cm³/mol. The first-order chi connectivity index (χ1) is 15.9. The van der Waals surface area contributed by atoms with Crippen LogP contribution in [0.1, 0.15) is 16.7 Å². The Bertz CT molecular complexity index is 1200. The van der Waals surface area contributed by atoms with Crippen molar-refractivity contribution in [3.8, 4) is 0 Å². The molecule has 1 N–H and O–H groups in total. The number of benzene rings is 2. The van der Waals surface area contributed by atoms with E-state index in [0.717, 1.165) is 43.4 Å². The van der Waals surface area contributed by atoms with Crippen LogP contribution in [0.4, 0.5) is 10.8 Å². The van der Waals surface area contributed by atoms with Crippen LogP contribution in [0, 0.1) is 24.0 Å². The molecule has 1 saturated heterocycles. The molecule has 0 spiro atoms. The molecule has 0 atom stereocenters. The third-order valence-corrected chi connectivity index (χ3v) is 6.76. The summed E-state index contributed by atoms with van der Waals surface area (Å²) in [6.07, 6.45) is 3.00. The van der Waals surface area contributed by atoms with E-state index in [4.69, 9.17) is 4.98 Å². The average molecular weight is 466 g/mol. The predicted octanol–water partition coefficient (Wildman–Crippen LogP) is 3.77. The molecule has 1 aliphatic rings. The van der Waals surface area contributed by atoms with Gasteiger partial charge in [-0.25, -0.2) is 4.98 Å². The van der Waals surface area contributed by atoms with Gasteiger partial charge in [-0.3, -0.25) is 19.8 Å². The highest BCUT2D eigenvalue weighted by Gasteiger charge is 2.20. The molecule has 0 unspecified atom stereocenters. The van der Waals surface area contributed by atoms with E-state index >= 15 is 0 Å². The third-order valence-electron chi connectivity index (χ3n) is 5.70. The Balaban J connectivity index is 1.22. The Labute approximate surface area is 196 Å². The molecule has 9 heteroatoms. The van der Waals surface area contributed by atoms with E-state index in [-0.39, 0.29) is 11.6 Å². The minimum absolute atomic E-state index is 0.00722. The molecule has 1 fully saturated rings. The normalized spacial score (nSPS) is 14.8. The first-order valence-corrected chi connectivity index (χ1v) is 11.8. The van der Waals surface area contributed by atoms with Crippen molar-refractivity contribution in [1.29, 1.82) is 0 Å². The van der Waals surface area contributed by atoms with Gasteiger partial charge >= 0.3 is 0 Å². The molecule has 0 radical (unpaired) electrons. The van der Waals surface area contributed by atoms with Gasteiger partial charge in [-0.05, 0) is 42.7 Å². The number of hydrogen-bond donors (Lipinski definition) is 1. The summed E-state index contributed by atoms with van der Waals surface area (Å²) in [6, 6.07) is 10.6. The van der Waals surface area contributed by atoms with Crippen LogP contribution in [-0.4, -0.2) is 60.0 Å². The van der Waals surface area contributed by atoms with Gasteiger partial charge in [0.05, 0.1) is 15.1 Å². The van der Waals surface area contributed by atoms with Crippen LogP contribution in [0.25, 0.3) is 16.3 Å². The quantitative estimate of drug-likeness (QED) is 0.324. The third kappa shape index (κ3) is 5.74.